The van der Waals surface area contributed by atoms with Gasteiger partial charge < -0.3 is 36.8 Å². The lowest BCUT2D eigenvalue weighted by Crippen LogP contribution is -2.71. The quantitative estimate of drug-likeness (QED) is 0.254. The molecule has 37 heavy (non-hydrogen) atoms. The summed E-state index contributed by atoms with van der Waals surface area (Å²) in [6.45, 7) is 0. The van der Waals surface area contributed by atoms with Crippen LogP contribution in [0.5, 0.6) is 5.75 Å². The number of allylic oxidation sites excluding steroid dienone is 1. The van der Waals surface area contributed by atoms with Gasteiger partial charge in [-0.3, -0.25) is 14.4 Å². The Morgan fingerprint density at radius 3 is 2.46 bits per heavy atom. The van der Waals surface area contributed by atoms with Gasteiger partial charge in [0.1, 0.15) is 17.4 Å². The minimum absolute atomic E-state index is 0.0290. The Labute approximate surface area is 212 Å². The highest BCUT2D eigenvalue weighted by Gasteiger charge is 2.66. The van der Waals surface area contributed by atoms with Crippen LogP contribution in [0.4, 0.5) is 5.69 Å². The zero-order valence-corrected chi connectivity index (χ0v) is 20.4. The maximum absolute atomic E-state index is 13.8. The number of fused-ring (bicyclic) bond motifs is 3. The first-order valence-electron chi connectivity index (χ1n) is 12.0. The molecule has 0 aromatic heterocycles. The average Bonchev–Trinajstić information content (AvgIpc) is 2.81. The van der Waals surface area contributed by atoms with Gasteiger partial charge in [0.25, 0.3) is 0 Å². The molecule has 2 aromatic carbocycles. The van der Waals surface area contributed by atoms with Gasteiger partial charge in [0.15, 0.2) is 17.2 Å². The first-order valence-corrected chi connectivity index (χ1v) is 12.0. The second-order valence-electron chi connectivity index (χ2n) is 10.4. The lowest BCUT2D eigenvalue weighted by molar-refractivity contribution is -0.178. The lowest BCUT2D eigenvalue weighted by atomic mass is 9.55. The van der Waals surface area contributed by atoms with E-state index in [1.54, 1.807) is 43.3 Å². The zero-order valence-electron chi connectivity index (χ0n) is 20.4. The SMILES string of the molecule is CN(C)[C@H]1C(O)C(C(N)=O)C(=O)[C@@]2(O)C(O)=C3C(=O)c4c(O)ccc(-c5cccc(N)c5)c4C[C@H]3C[C@@H]12. The first kappa shape index (κ1) is 24.9. The van der Waals surface area contributed by atoms with Crippen molar-refractivity contribution in [2.24, 2.45) is 23.5 Å². The van der Waals surface area contributed by atoms with Crippen molar-refractivity contribution in [3.63, 3.8) is 0 Å². The summed E-state index contributed by atoms with van der Waals surface area (Å²) in [6.07, 6.45) is -1.24. The number of anilines is 1. The molecule has 3 aliphatic rings. The number of aromatic hydroxyl groups is 1. The standard InChI is InChI=1S/C27H29N3O7/c1-30(2)21-16-10-12-9-15-14(11-4-3-5-13(28)8-11)6-7-17(31)19(15)22(32)18(12)24(34)27(16,37)25(35)20(23(21)33)26(29)36/h3-8,12,16,20-21,23,31,33-34,37H,9-10,28H2,1-2H3,(H2,29,36)/t12-,16-,20?,21+,23?,27-/m0/s1. The molecule has 10 nitrogen and oxygen atoms in total. The fourth-order valence-corrected chi connectivity index (χ4v) is 6.58. The number of carbonyl (C=O) groups excluding carboxylic acids is 3. The molecule has 0 bridgehead atoms. The van der Waals surface area contributed by atoms with Crippen LogP contribution in [0.2, 0.25) is 0 Å². The molecule has 0 aliphatic heterocycles. The number of benzene rings is 2. The van der Waals surface area contributed by atoms with E-state index in [9.17, 15) is 34.8 Å². The number of likely N-dealkylation sites (N-methyl/N-ethyl adjacent to an activating group) is 1. The van der Waals surface area contributed by atoms with Crippen molar-refractivity contribution in [3.8, 4) is 16.9 Å². The molecule has 3 aliphatic carbocycles. The van der Waals surface area contributed by atoms with Crippen LogP contribution in [0.15, 0.2) is 47.7 Å². The minimum atomic E-state index is -2.60. The number of hydrogen-bond donors (Lipinski definition) is 6. The Bertz CT molecular complexity index is 1380. The maximum Gasteiger partial charge on any atom is 0.230 e. The third-order valence-electron chi connectivity index (χ3n) is 8.17. The van der Waals surface area contributed by atoms with E-state index in [0.717, 1.165) is 5.56 Å². The highest BCUT2D eigenvalue weighted by molar-refractivity contribution is 6.16. The van der Waals surface area contributed by atoms with Gasteiger partial charge in [0.2, 0.25) is 5.91 Å². The summed E-state index contributed by atoms with van der Waals surface area (Å²) in [6, 6.07) is 9.24. The van der Waals surface area contributed by atoms with E-state index in [4.69, 9.17) is 11.5 Å². The second kappa shape index (κ2) is 8.41. The zero-order chi connectivity index (χ0) is 27.0. The van der Waals surface area contributed by atoms with Crippen molar-refractivity contribution in [1.82, 2.24) is 4.90 Å². The number of nitrogens with zero attached hydrogens (tertiary/aromatic N) is 1. The monoisotopic (exact) mass is 507 g/mol. The van der Waals surface area contributed by atoms with Gasteiger partial charge in [0.05, 0.1) is 11.7 Å². The number of nitrogens with two attached hydrogens (primary N) is 2. The van der Waals surface area contributed by atoms with Gasteiger partial charge in [-0.05, 0) is 67.7 Å². The van der Waals surface area contributed by atoms with E-state index in [1.807, 2.05) is 6.07 Å². The maximum atomic E-state index is 13.8. The van der Waals surface area contributed by atoms with Crippen molar-refractivity contribution in [3.05, 3.63) is 58.9 Å². The van der Waals surface area contributed by atoms with Crippen molar-refractivity contribution in [1.29, 1.82) is 0 Å². The molecule has 1 saturated carbocycles. The summed E-state index contributed by atoms with van der Waals surface area (Å²) in [5.74, 6) is -7.58. The molecule has 0 heterocycles. The summed E-state index contributed by atoms with van der Waals surface area (Å²) in [7, 11) is 3.24. The first-order chi connectivity index (χ1) is 17.4. The molecule has 2 aromatic rings. The Kier molecular flexibility index (Phi) is 5.67. The summed E-state index contributed by atoms with van der Waals surface area (Å²) < 4.78 is 0. The lowest BCUT2D eigenvalue weighted by Gasteiger charge is -2.53. The molecule has 0 radical (unpaired) electrons. The number of phenolic OH excluding ortho intramolecular Hbond substituents is 1. The van der Waals surface area contributed by atoms with Gasteiger partial charge >= 0.3 is 0 Å². The Morgan fingerprint density at radius 1 is 1.14 bits per heavy atom. The molecule has 8 N–H and O–H groups in total. The van der Waals surface area contributed by atoms with Crippen molar-refractivity contribution < 1.29 is 34.8 Å². The summed E-state index contributed by atoms with van der Waals surface area (Å²) >= 11 is 0. The number of phenols is 1. The van der Waals surface area contributed by atoms with E-state index in [2.05, 4.69) is 0 Å². The smallest absolute Gasteiger partial charge is 0.230 e. The highest BCUT2D eigenvalue weighted by atomic mass is 16.3. The molecule has 10 heteroatoms. The summed E-state index contributed by atoms with van der Waals surface area (Å²) in [5.41, 5.74) is 11.1. The summed E-state index contributed by atoms with van der Waals surface area (Å²) in [5, 5.41) is 44.7. The third-order valence-corrected chi connectivity index (χ3v) is 8.17. The van der Waals surface area contributed by atoms with E-state index in [-0.39, 0.29) is 29.7 Å². The number of carbonyl (C=O) groups is 3. The molecule has 0 saturated heterocycles. The number of hydrogen-bond acceptors (Lipinski definition) is 9. The van der Waals surface area contributed by atoms with E-state index in [0.29, 0.717) is 16.8 Å². The molecule has 194 valence electrons. The predicted octanol–water partition coefficient (Wildman–Crippen LogP) is 0.535. The molecular formula is C27H29N3O7. The van der Waals surface area contributed by atoms with Gasteiger partial charge in [-0.25, -0.2) is 0 Å². The number of amides is 1. The molecule has 2 unspecified atom stereocenters. The number of Topliss-reactive ketones (excluding diaryl/α,β-unsaturated/α-hetero) is 2. The van der Waals surface area contributed by atoms with Gasteiger partial charge in [-0.2, -0.15) is 0 Å². The number of nitrogen functional groups attached to an aromatic ring is 1. The van der Waals surface area contributed by atoms with Crippen LogP contribution in [0.25, 0.3) is 11.1 Å². The van der Waals surface area contributed by atoms with Crippen LogP contribution in [-0.4, -0.2) is 74.6 Å². The van der Waals surface area contributed by atoms with Gasteiger partial charge in [-0.1, -0.05) is 18.2 Å². The Balaban J connectivity index is 1.72. The van der Waals surface area contributed by atoms with Gasteiger partial charge in [0, 0.05) is 23.2 Å². The van der Waals surface area contributed by atoms with Crippen LogP contribution in [0.1, 0.15) is 22.3 Å². The molecular weight excluding hydrogens is 478 g/mol. The molecule has 1 amide bonds. The third kappa shape index (κ3) is 3.40. The van der Waals surface area contributed by atoms with E-state index >= 15 is 0 Å². The Hall–Kier alpha value is -3.73. The number of ketones is 2. The van der Waals surface area contributed by atoms with Crippen molar-refractivity contribution in [2.45, 2.75) is 30.6 Å². The van der Waals surface area contributed by atoms with Crippen molar-refractivity contribution >= 4 is 23.2 Å². The second-order valence-corrected chi connectivity index (χ2v) is 10.4. The topological polar surface area (TPSA) is 187 Å². The number of primary amides is 1. The van der Waals surface area contributed by atoms with Crippen LogP contribution in [-0.2, 0) is 16.0 Å². The van der Waals surface area contributed by atoms with Crippen LogP contribution in [0, 0.1) is 17.8 Å². The van der Waals surface area contributed by atoms with Gasteiger partial charge in [-0.15, -0.1) is 0 Å². The number of rotatable bonds is 3. The fraction of sp³-hybridized carbons (Fsp3) is 0.370. The molecule has 0 spiro atoms. The molecule has 1 fully saturated rings. The number of aliphatic hydroxyl groups is 3. The number of aliphatic hydroxyl groups excluding tert-OH is 2. The van der Waals surface area contributed by atoms with Crippen LogP contribution >= 0.6 is 0 Å². The van der Waals surface area contributed by atoms with E-state index < -0.39 is 58.7 Å². The summed E-state index contributed by atoms with van der Waals surface area (Å²) in [4.78, 5) is 40.9. The fourth-order valence-electron chi connectivity index (χ4n) is 6.58. The molecule has 6 atom stereocenters. The average molecular weight is 508 g/mol. The minimum Gasteiger partial charge on any atom is -0.508 e. The van der Waals surface area contributed by atoms with Crippen LogP contribution < -0.4 is 11.5 Å². The van der Waals surface area contributed by atoms with Crippen molar-refractivity contribution in [2.75, 3.05) is 19.8 Å². The highest BCUT2D eigenvalue weighted by Crippen LogP contribution is 2.53. The normalized spacial score (nSPS) is 31.1. The predicted molar refractivity (Wildman–Crippen MR) is 133 cm³/mol. The Morgan fingerprint density at radius 2 is 1.84 bits per heavy atom. The van der Waals surface area contributed by atoms with Crippen LogP contribution in [0.3, 0.4) is 0 Å². The van der Waals surface area contributed by atoms with E-state index in [1.165, 1.54) is 6.07 Å². The molecule has 5 rings (SSSR count). The largest absolute Gasteiger partial charge is 0.508 e.